The van der Waals surface area contributed by atoms with Crippen molar-refractivity contribution in [3.05, 3.63) is 0 Å². The van der Waals surface area contributed by atoms with Gasteiger partial charge < -0.3 is 4.74 Å². The van der Waals surface area contributed by atoms with Crippen molar-refractivity contribution in [3.8, 4) is 6.07 Å². The molecule has 84 valence electrons. The number of hydrogen-bond acceptors (Lipinski definition) is 3. The Morgan fingerprint density at radius 2 is 2.00 bits per heavy atom. The summed E-state index contributed by atoms with van der Waals surface area (Å²) in [6.45, 7) is 7.82. The molecule has 1 heterocycles. The molecule has 5 unspecified atom stereocenters. The topological polar surface area (TPSA) is 50.1 Å². The van der Waals surface area contributed by atoms with Crippen LogP contribution in [0.15, 0.2) is 0 Å². The Balaban J connectivity index is 2.80. The van der Waals surface area contributed by atoms with E-state index in [1.807, 2.05) is 27.7 Å². The van der Waals surface area contributed by atoms with E-state index in [4.69, 9.17) is 10.00 Å². The minimum atomic E-state index is -0.464. The van der Waals surface area contributed by atoms with Crippen LogP contribution in [-0.2, 0) is 9.53 Å². The van der Waals surface area contributed by atoms with Crippen molar-refractivity contribution in [1.82, 2.24) is 0 Å². The number of carbonyl (C=O) groups excluding carboxylic acids is 1. The van der Waals surface area contributed by atoms with E-state index in [1.165, 1.54) is 0 Å². The van der Waals surface area contributed by atoms with Gasteiger partial charge in [-0.05, 0) is 26.2 Å². The van der Waals surface area contributed by atoms with Gasteiger partial charge >= 0.3 is 0 Å². The van der Waals surface area contributed by atoms with Crippen LogP contribution in [0.25, 0.3) is 0 Å². The Labute approximate surface area is 91.4 Å². The molecule has 0 N–H and O–H groups in total. The summed E-state index contributed by atoms with van der Waals surface area (Å²) >= 11 is 0. The highest BCUT2D eigenvalue weighted by Crippen LogP contribution is 2.34. The summed E-state index contributed by atoms with van der Waals surface area (Å²) < 4.78 is 5.62. The highest BCUT2D eigenvalue weighted by atomic mass is 16.5. The van der Waals surface area contributed by atoms with Crippen LogP contribution in [-0.4, -0.2) is 18.0 Å². The van der Waals surface area contributed by atoms with Crippen LogP contribution < -0.4 is 0 Å². The van der Waals surface area contributed by atoms with Crippen LogP contribution in [0.5, 0.6) is 0 Å². The Kier molecular flexibility index (Phi) is 3.87. The maximum Gasteiger partial charge on any atom is 0.155 e. The van der Waals surface area contributed by atoms with Gasteiger partial charge in [-0.1, -0.05) is 13.8 Å². The summed E-state index contributed by atoms with van der Waals surface area (Å²) in [5.74, 6) is -0.294. The molecule has 5 atom stereocenters. The van der Waals surface area contributed by atoms with Crippen molar-refractivity contribution in [2.75, 3.05) is 0 Å². The predicted molar refractivity (Wildman–Crippen MR) is 57.1 cm³/mol. The lowest BCUT2D eigenvalue weighted by Crippen LogP contribution is -2.31. The minimum Gasteiger partial charge on any atom is -0.375 e. The number of nitriles is 1. The number of rotatable bonds is 3. The molecule has 0 saturated carbocycles. The second-order valence-electron chi connectivity index (χ2n) is 4.42. The smallest absolute Gasteiger partial charge is 0.155 e. The van der Waals surface area contributed by atoms with Crippen LogP contribution >= 0.6 is 0 Å². The molecule has 0 amide bonds. The third-order valence-electron chi connectivity index (χ3n) is 3.48. The Morgan fingerprint density at radius 1 is 1.40 bits per heavy atom. The SMILES string of the molecule is CCC(C#N)C(=O)C1C(C)OC(C)C1C. The molecule has 0 bridgehead atoms. The summed E-state index contributed by atoms with van der Waals surface area (Å²) in [7, 11) is 0. The van der Waals surface area contributed by atoms with Crippen molar-refractivity contribution in [2.24, 2.45) is 17.8 Å². The molecule has 0 spiro atoms. The van der Waals surface area contributed by atoms with Gasteiger partial charge in [-0.25, -0.2) is 0 Å². The molecule has 0 radical (unpaired) electrons. The molecular weight excluding hydrogens is 190 g/mol. The van der Waals surface area contributed by atoms with Gasteiger partial charge in [0.15, 0.2) is 5.78 Å². The van der Waals surface area contributed by atoms with Gasteiger partial charge in [-0.15, -0.1) is 0 Å². The van der Waals surface area contributed by atoms with E-state index in [2.05, 4.69) is 6.07 Å². The molecule has 0 aliphatic carbocycles. The number of ketones is 1. The van der Waals surface area contributed by atoms with Gasteiger partial charge in [0.1, 0.15) is 5.92 Å². The minimum absolute atomic E-state index is 0.0510. The Hall–Kier alpha value is -0.880. The molecule has 3 nitrogen and oxygen atoms in total. The third kappa shape index (κ3) is 2.21. The monoisotopic (exact) mass is 209 g/mol. The van der Waals surface area contributed by atoms with Gasteiger partial charge in [0, 0.05) is 0 Å². The number of ether oxygens (including phenoxy) is 1. The van der Waals surface area contributed by atoms with E-state index in [0.29, 0.717) is 6.42 Å². The van der Waals surface area contributed by atoms with Crippen LogP contribution in [0.4, 0.5) is 0 Å². The summed E-state index contributed by atoms with van der Waals surface area (Å²) in [6, 6.07) is 2.08. The van der Waals surface area contributed by atoms with Crippen LogP contribution in [0, 0.1) is 29.1 Å². The first-order chi connectivity index (χ1) is 7.02. The van der Waals surface area contributed by atoms with Gasteiger partial charge in [-0.2, -0.15) is 5.26 Å². The average Bonchev–Trinajstić information content (AvgIpc) is 2.43. The zero-order valence-electron chi connectivity index (χ0n) is 9.86. The van der Waals surface area contributed by atoms with E-state index in [1.54, 1.807) is 0 Å². The predicted octanol–water partition coefficient (Wildman–Crippen LogP) is 2.16. The van der Waals surface area contributed by atoms with Crippen molar-refractivity contribution in [1.29, 1.82) is 5.26 Å². The van der Waals surface area contributed by atoms with E-state index in [0.717, 1.165) is 0 Å². The fourth-order valence-electron chi connectivity index (χ4n) is 2.35. The fraction of sp³-hybridized carbons (Fsp3) is 0.833. The van der Waals surface area contributed by atoms with Crippen molar-refractivity contribution in [3.63, 3.8) is 0 Å². The first-order valence-electron chi connectivity index (χ1n) is 5.61. The summed E-state index contributed by atoms with van der Waals surface area (Å²) in [5, 5.41) is 8.88. The maximum atomic E-state index is 12.1. The molecule has 1 fully saturated rings. The Morgan fingerprint density at radius 3 is 2.33 bits per heavy atom. The van der Waals surface area contributed by atoms with Gasteiger partial charge in [0.05, 0.1) is 24.2 Å². The normalized spacial score (nSPS) is 37.3. The molecule has 0 aromatic heterocycles. The number of hydrogen-bond donors (Lipinski definition) is 0. The quantitative estimate of drug-likeness (QED) is 0.715. The van der Waals surface area contributed by atoms with Gasteiger partial charge in [0.25, 0.3) is 0 Å². The second kappa shape index (κ2) is 4.76. The summed E-state index contributed by atoms with van der Waals surface area (Å²) in [5.41, 5.74) is 0. The first kappa shape index (κ1) is 12.2. The largest absolute Gasteiger partial charge is 0.375 e. The average molecular weight is 209 g/mol. The van der Waals surface area contributed by atoms with Crippen LogP contribution in [0.1, 0.15) is 34.1 Å². The molecule has 15 heavy (non-hydrogen) atoms. The lowest BCUT2D eigenvalue weighted by molar-refractivity contribution is -0.127. The highest BCUT2D eigenvalue weighted by Gasteiger charge is 2.43. The fourth-order valence-corrected chi connectivity index (χ4v) is 2.35. The number of nitrogens with zero attached hydrogens (tertiary/aromatic N) is 1. The zero-order chi connectivity index (χ0) is 11.6. The van der Waals surface area contributed by atoms with Crippen LogP contribution in [0.2, 0.25) is 0 Å². The molecule has 1 aliphatic rings. The lowest BCUT2D eigenvalue weighted by atomic mass is 9.81. The summed E-state index contributed by atoms with van der Waals surface area (Å²) in [6.07, 6.45) is 0.662. The lowest BCUT2D eigenvalue weighted by Gasteiger charge is -2.19. The van der Waals surface area contributed by atoms with E-state index in [-0.39, 0.29) is 29.8 Å². The van der Waals surface area contributed by atoms with E-state index in [9.17, 15) is 4.79 Å². The molecule has 1 saturated heterocycles. The standard InChI is InChI=1S/C12H19NO2/c1-5-10(6-13)12(14)11-7(2)8(3)15-9(11)4/h7-11H,5H2,1-4H3. The number of Topliss-reactive ketones (excluding diaryl/α,β-unsaturated/α-hetero) is 1. The third-order valence-corrected chi connectivity index (χ3v) is 3.48. The van der Waals surface area contributed by atoms with E-state index >= 15 is 0 Å². The molecule has 1 aliphatic heterocycles. The van der Waals surface area contributed by atoms with Crippen molar-refractivity contribution >= 4 is 5.78 Å². The number of carbonyl (C=O) groups is 1. The zero-order valence-corrected chi connectivity index (χ0v) is 9.86. The summed E-state index contributed by atoms with van der Waals surface area (Å²) in [4.78, 5) is 12.1. The first-order valence-corrected chi connectivity index (χ1v) is 5.61. The van der Waals surface area contributed by atoms with Gasteiger partial charge in [-0.3, -0.25) is 4.79 Å². The van der Waals surface area contributed by atoms with E-state index < -0.39 is 5.92 Å². The molecule has 0 aromatic rings. The van der Waals surface area contributed by atoms with Gasteiger partial charge in [0.2, 0.25) is 0 Å². The van der Waals surface area contributed by atoms with Crippen molar-refractivity contribution < 1.29 is 9.53 Å². The molecular formula is C12H19NO2. The molecule has 3 heteroatoms. The molecule has 0 aromatic carbocycles. The van der Waals surface area contributed by atoms with Crippen LogP contribution in [0.3, 0.4) is 0 Å². The van der Waals surface area contributed by atoms with Crippen molar-refractivity contribution in [2.45, 2.75) is 46.3 Å². The maximum absolute atomic E-state index is 12.1. The second-order valence-corrected chi connectivity index (χ2v) is 4.42. The Bertz CT molecular complexity index is 282. The molecule has 1 rings (SSSR count). The highest BCUT2D eigenvalue weighted by molar-refractivity contribution is 5.86.